The summed E-state index contributed by atoms with van der Waals surface area (Å²) >= 11 is 5.90. The van der Waals surface area contributed by atoms with E-state index in [2.05, 4.69) is 15.4 Å². The summed E-state index contributed by atoms with van der Waals surface area (Å²) in [6.07, 6.45) is 1.37. The Kier molecular flexibility index (Phi) is 4.69. The summed E-state index contributed by atoms with van der Waals surface area (Å²) in [7, 11) is 1.46. The molecule has 2 heterocycles. The van der Waals surface area contributed by atoms with Crippen molar-refractivity contribution in [3.8, 4) is 17.2 Å². The molecule has 8 nitrogen and oxygen atoms in total. The number of carbonyl (C=O) groups excluding carboxylic acids is 1. The lowest BCUT2D eigenvalue weighted by Gasteiger charge is -2.10. The second-order valence-corrected chi connectivity index (χ2v) is 6.56. The molecule has 29 heavy (non-hydrogen) atoms. The van der Waals surface area contributed by atoms with Crippen molar-refractivity contribution >= 4 is 34.2 Å². The number of amides is 1. The van der Waals surface area contributed by atoms with Crippen molar-refractivity contribution in [3.05, 3.63) is 75.7 Å². The van der Waals surface area contributed by atoms with Gasteiger partial charge < -0.3 is 20.1 Å². The second kappa shape index (κ2) is 7.33. The fourth-order valence-corrected chi connectivity index (χ4v) is 3.10. The minimum atomic E-state index is -0.769. The summed E-state index contributed by atoms with van der Waals surface area (Å²) in [5, 5.41) is 18.2. The number of pyridine rings is 1. The van der Waals surface area contributed by atoms with E-state index in [0.29, 0.717) is 22.1 Å². The number of nitrogens with zero attached hydrogens (tertiary/aromatic N) is 2. The lowest BCUT2D eigenvalue weighted by Crippen LogP contribution is -2.24. The van der Waals surface area contributed by atoms with E-state index < -0.39 is 22.8 Å². The van der Waals surface area contributed by atoms with Crippen LogP contribution in [0.2, 0.25) is 5.02 Å². The van der Waals surface area contributed by atoms with E-state index in [9.17, 15) is 14.7 Å². The third-order valence-corrected chi connectivity index (χ3v) is 4.63. The molecule has 0 saturated carbocycles. The van der Waals surface area contributed by atoms with E-state index in [4.69, 9.17) is 16.3 Å². The maximum atomic E-state index is 12.7. The third-order valence-electron chi connectivity index (χ3n) is 4.37. The molecule has 0 aliphatic carbocycles. The van der Waals surface area contributed by atoms with Crippen LogP contribution in [-0.4, -0.2) is 32.9 Å². The molecule has 2 aromatic heterocycles. The van der Waals surface area contributed by atoms with Crippen molar-refractivity contribution < 1.29 is 14.6 Å². The minimum Gasteiger partial charge on any atom is -0.506 e. The zero-order chi connectivity index (χ0) is 20.5. The minimum absolute atomic E-state index is 0.227. The molecule has 4 rings (SSSR count). The maximum Gasteiger partial charge on any atom is 0.266 e. The number of ether oxygens (including phenoxy) is 1. The van der Waals surface area contributed by atoms with Gasteiger partial charge in [-0.05, 0) is 36.4 Å². The van der Waals surface area contributed by atoms with Gasteiger partial charge in [0.1, 0.15) is 22.7 Å². The molecule has 0 bridgehead atoms. The average Bonchev–Trinajstić information content (AvgIpc) is 3.13. The summed E-state index contributed by atoms with van der Waals surface area (Å²) in [4.78, 5) is 27.9. The first-order chi connectivity index (χ1) is 14.0. The Morgan fingerprint density at radius 1 is 1.21 bits per heavy atom. The van der Waals surface area contributed by atoms with Gasteiger partial charge in [-0.1, -0.05) is 23.7 Å². The quantitative estimate of drug-likeness (QED) is 0.478. The van der Waals surface area contributed by atoms with Crippen LogP contribution in [0.25, 0.3) is 16.7 Å². The summed E-state index contributed by atoms with van der Waals surface area (Å²) < 4.78 is 6.63. The Hall–Kier alpha value is -3.78. The number of methoxy groups -OCH3 is 1. The van der Waals surface area contributed by atoms with Crippen LogP contribution in [0.5, 0.6) is 11.5 Å². The van der Waals surface area contributed by atoms with E-state index in [1.807, 2.05) is 0 Å². The number of aromatic nitrogens is 3. The van der Waals surface area contributed by atoms with Gasteiger partial charge in [-0.3, -0.25) is 9.59 Å². The monoisotopic (exact) mass is 410 g/mol. The Balaban J connectivity index is 1.78. The van der Waals surface area contributed by atoms with Crippen LogP contribution in [0.15, 0.2) is 59.5 Å². The lowest BCUT2D eigenvalue weighted by molar-refractivity contribution is 0.102. The summed E-state index contributed by atoms with van der Waals surface area (Å²) in [5.41, 5.74) is 0.0854. The second-order valence-electron chi connectivity index (χ2n) is 6.13. The highest BCUT2D eigenvalue weighted by molar-refractivity contribution is 6.30. The predicted molar refractivity (Wildman–Crippen MR) is 109 cm³/mol. The molecule has 0 spiro atoms. The first-order valence-corrected chi connectivity index (χ1v) is 8.90. The number of para-hydroxylation sites is 2. The molecule has 146 valence electrons. The highest BCUT2D eigenvalue weighted by Crippen LogP contribution is 2.28. The van der Waals surface area contributed by atoms with Gasteiger partial charge in [0.2, 0.25) is 0 Å². The van der Waals surface area contributed by atoms with Gasteiger partial charge in [0, 0.05) is 5.02 Å². The van der Waals surface area contributed by atoms with E-state index in [-0.39, 0.29) is 11.0 Å². The molecule has 1 amide bonds. The fourth-order valence-electron chi connectivity index (χ4n) is 2.98. The van der Waals surface area contributed by atoms with Crippen LogP contribution in [0, 0.1) is 0 Å². The zero-order valence-corrected chi connectivity index (χ0v) is 15.9. The summed E-state index contributed by atoms with van der Waals surface area (Å²) in [6.45, 7) is 0. The molecular weight excluding hydrogens is 396 g/mol. The van der Waals surface area contributed by atoms with Crippen molar-refractivity contribution in [3.63, 3.8) is 0 Å². The highest BCUT2D eigenvalue weighted by Gasteiger charge is 2.22. The number of H-pyrrole nitrogens is 1. The first kappa shape index (κ1) is 18.6. The van der Waals surface area contributed by atoms with Gasteiger partial charge in [-0.25, -0.2) is 4.68 Å². The van der Waals surface area contributed by atoms with Crippen LogP contribution >= 0.6 is 11.6 Å². The molecule has 3 N–H and O–H groups in total. The SMILES string of the molecule is COc1ccccc1NC(=O)c1c(O)c2cnn(-c3ccc(Cl)cc3)c2[nH]c1=O. The van der Waals surface area contributed by atoms with Crippen molar-refractivity contribution in [2.24, 2.45) is 0 Å². The van der Waals surface area contributed by atoms with Crippen molar-refractivity contribution in [1.82, 2.24) is 14.8 Å². The first-order valence-electron chi connectivity index (χ1n) is 8.53. The van der Waals surface area contributed by atoms with Crippen molar-refractivity contribution in [2.45, 2.75) is 0 Å². The van der Waals surface area contributed by atoms with Gasteiger partial charge in [0.05, 0.1) is 30.1 Å². The molecule has 0 unspecified atom stereocenters. The van der Waals surface area contributed by atoms with E-state index in [1.165, 1.54) is 18.0 Å². The molecule has 4 aromatic rings. The topological polar surface area (TPSA) is 109 Å². The van der Waals surface area contributed by atoms with E-state index >= 15 is 0 Å². The number of aromatic amines is 1. The number of aromatic hydroxyl groups is 1. The molecule has 2 aromatic carbocycles. The number of rotatable bonds is 4. The van der Waals surface area contributed by atoms with E-state index in [1.54, 1.807) is 48.5 Å². The van der Waals surface area contributed by atoms with Gasteiger partial charge in [0.15, 0.2) is 0 Å². The maximum absolute atomic E-state index is 12.7. The molecule has 0 fully saturated rings. The number of halogens is 1. The number of hydrogen-bond acceptors (Lipinski definition) is 5. The van der Waals surface area contributed by atoms with Crippen LogP contribution < -0.4 is 15.6 Å². The summed E-state index contributed by atoms with van der Waals surface area (Å²) in [5.74, 6) is -0.806. The smallest absolute Gasteiger partial charge is 0.266 e. The largest absolute Gasteiger partial charge is 0.506 e. The molecular formula is C20H15ClN4O4. The van der Waals surface area contributed by atoms with Gasteiger partial charge in [-0.2, -0.15) is 5.10 Å². The van der Waals surface area contributed by atoms with Gasteiger partial charge in [-0.15, -0.1) is 0 Å². The fraction of sp³-hybridized carbons (Fsp3) is 0.0500. The molecule has 9 heteroatoms. The molecule has 0 aliphatic heterocycles. The standard InChI is InChI=1S/C20H15ClN4O4/c1-29-15-5-3-2-4-14(15)23-19(27)16-17(26)13-10-22-25(18(13)24-20(16)28)12-8-6-11(21)7-9-12/h2-10H,1H3,(H,23,27)(H2,24,26,28). The zero-order valence-electron chi connectivity index (χ0n) is 15.1. The molecule has 0 saturated heterocycles. The third kappa shape index (κ3) is 3.30. The number of fused-ring (bicyclic) bond motifs is 1. The summed E-state index contributed by atoms with van der Waals surface area (Å²) in [6, 6.07) is 13.5. The number of nitrogens with one attached hydrogen (secondary N) is 2. The lowest BCUT2D eigenvalue weighted by atomic mass is 10.2. The van der Waals surface area contributed by atoms with Gasteiger partial charge in [0.25, 0.3) is 11.5 Å². The average molecular weight is 411 g/mol. The van der Waals surface area contributed by atoms with Crippen LogP contribution in [0.3, 0.4) is 0 Å². The molecule has 0 atom stereocenters. The van der Waals surface area contributed by atoms with E-state index in [0.717, 1.165) is 0 Å². The Bertz CT molecular complexity index is 1280. The number of hydrogen-bond donors (Lipinski definition) is 3. The van der Waals surface area contributed by atoms with Crippen LogP contribution in [-0.2, 0) is 0 Å². The van der Waals surface area contributed by atoms with Crippen molar-refractivity contribution in [2.75, 3.05) is 12.4 Å². The van der Waals surface area contributed by atoms with Gasteiger partial charge >= 0.3 is 0 Å². The molecule has 0 radical (unpaired) electrons. The van der Waals surface area contributed by atoms with Crippen molar-refractivity contribution in [1.29, 1.82) is 0 Å². The molecule has 0 aliphatic rings. The van der Waals surface area contributed by atoms with Crippen LogP contribution in [0.4, 0.5) is 5.69 Å². The Morgan fingerprint density at radius 2 is 1.93 bits per heavy atom. The Labute approximate surface area is 169 Å². The normalized spacial score (nSPS) is 10.8. The Morgan fingerprint density at radius 3 is 2.66 bits per heavy atom. The predicted octanol–water partition coefficient (Wildman–Crippen LogP) is 3.33. The number of benzene rings is 2. The van der Waals surface area contributed by atoms with Crippen LogP contribution in [0.1, 0.15) is 10.4 Å². The number of carbonyl (C=O) groups is 1. The number of anilines is 1. The highest BCUT2D eigenvalue weighted by atomic mass is 35.5.